The fourth-order valence-corrected chi connectivity index (χ4v) is 4.95. The predicted molar refractivity (Wildman–Crippen MR) is 122 cm³/mol. The first-order chi connectivity index (χ1) is 15.9. The first-order valence-electron chi connectivity index (χ1n) is 10.8. The molecule has 7 nitrogen and oxygen atoms in total. The first-order valence-corrected chi connectivity index (χ1v) is 11.2. The molecule has 3 amide bonds. The van der Waals surface area contributed by atoms with Crippen LogP contribution in [-0.4, -0.2) is 30.2 Å². The zero-order chi connectivity index (χ0) is 23.1. The number of allylic oxidation sites excluding steroid dienone is 2. The Bertz CT molecular complexity index is 1170. The average molecular weight is 465 g/mol. The summed E-state index contributed by atoms with van der Waals surface area (Å²) in [5.41, 5.74) is 0.938. The van der Waals surface area contributed by atoms with Crippen LogP contribution in [0.5, 0.6) is 5.75 Å². The molecule has 0 unspecified atom stereocenters. The van der Waals surface area contributed by atoms with Crippen LogP contribution in [0, 0.1) is 17.8 Å². The first kappa shape index (κ1) is 21.4. The van der Waals surface area contributed by atoms with Gasteiger partial charge < -0.3 is 9.64 Å². The zero-order valence-corrected chi connectivity index (χ0v) is 18.4. The number of imide groups is 1. The van der Waals surface area contributed by atoms with E-state index in [4.69, 9.17) is 16.3 Å². The summed E-state index contributed by atoms with van der Waals surface area (Å²) in [7, 11) is 0. The van der Waals surface area contributed by atoms with Crippen LogP contribution in [0.25, 0.3) is 0 Å². The van der Waals surface area contributed by atoms with E-state index in [9.17, 15) is 19.2 Å². The maximum Gasteiger partial charge on any atom is 0.316 e. The summed E-state index contributed by atoms with van der Waals surface area (Å²) in [6.07, 6.45) is 4.99. The van der Waals surface area contributed by atoms with Crippen LogP contribution in [0.3, 0.4) is 0 Å². The summed E-state index contributed by atoms with van der Waals surface area (Å²) in [4.78, 5) is 53.6. The highest BCUT2D eigenvalue weighted by Crippen LogP contribution is 2.38. The number of anilines is 2. The Balaban J connectivity index is 1.30. The van der Waals surface area contributed by atoms with Crippen LogP contribution in [0.4, 0.5) is 11.4 Å². The third kappa shape index (κ3) is 3.82. The van der Waals surface area contributed by atoms with Crippen molar-refractivity contribution in [2.45, 2.75) is 19.3 Å². The molecule has 0 radical (unpaired) electrons. The lowest BCUT2D eigenvalue weighted by Crippen LogP contribution is -2.31. The van der Waals surface area contributed by atoms with Gasteiger partial charge in [-0.3, -0.25) is 19.2 Å². The molecule has 2 aliphatic heterocycles. The Hall–Kier alpha value is -3.45. The molecule has 0 aromatic heterocycles. The molecule has 2 heterocycles. The number of hydrogen-bond acceptors (Lipinski definition) is 5. The Morgan fingerprint density at radius 3 is 2.33 bits per heavy atom. The minimum Gasteiger partial charge on any atom is -0.426 e. The van der Waals surface area contributed by atoms with Gasteiger partial charge in [0.15, 0.2) is 0 Å². The second-order valence-electron chi connectivity index (χ2n) is 8.44. The quantitative estimate of drug-likeness (QED) is 0.298. The molecule has 2 saturated heterocycles. The van der Waals surface area contributed by atoms with Crippen molar-refractivity contribution in [1.82, 2.24) is 0 Å². The number of benzene rings is 2. The van der Waals surface area contributed by atoms with Crippen molar-refractivity contribution in [2.24, 2.45) is 17.8 Å². The van der Waals surface area contributed by atoms with Crippen LogP contribution in [0.1, 0.15) is 19.3 Å². The predicted octanol–water partition coefficient (Wildman–Crippen LogP) is 3.75. The summed E-state index contributed by atoms with van der Waals surface area (Å²) >= 11 is 6.20. The Morgan fingerprint density at radius 2 is 1.64 bits per heavy atom. The molecular weight excluding hydrogens is 444 g/mol. The topological polar surface area (TPSA) is 84.0 Å². The number of halogens is 1. The minimum atomic E-state index is -0.651. The molecule has 3 atom stereocenters. The molecule has 0 saturated carbocycles. The summed E-state index contributed by atoms with van der Waals surface area (Å²) in [5.74, 6) is -2.32. The van der Waals surface area contributed by atoms with Crippen molar-refractivity contribution in [3.05, 3.63) is 65.7 Å². The van der Waals surface area contributed by atoms with Crippen LogP contribution >= 0.6 is 11.6 Å². The lowest BCUT2D eigenvalue weighted by atomic mass is 9.85. The number of ether oxygens (including phenoxy) is 1. The third-order valence-electron chi connectivity index (χ3n) is 6.40. The molecule has 33 heavy (non-hydrogen) atoms. The highest BCUT2D eigenvalue weighted by molar-refractivity contribution is 6.34. The highest BCUT2D eigenvalue weighted by Gasteiger charge is 2.48. The smallest absolute Gasteiger partial charge is 0.316 e. The SMILES string of the molecule is O=C(Oc1cccc(N2C(=O)[C@H]3CC=CC[C@H]3C2=O)c1)[C@H]1CC(=O)N(c2ccccc2Cl)C1. The minimum absolute atomic E-state index is 0.0171. The van der Waals surface area contributed by atoms with Crippen molar-refractivity contribution in [3.63, 3.8) is 0 Å². The normalized spacial score (nSPS) is 24.4. The molecule has 0 N–H and O–H groups in total. The van der Waals surface area contributed by atoms with Crippen LogP contribution in [0.15, 0.2) is 60.7 Å². The lowest BCUT2D eigenvalue weighted by molar-refractivity contribution is -0.139. The number of hydrogen-bond donors (Lipinski definition) is 0. The maximum atomic E-state index is 12.8. The Labute approximate surface area is 195 Å². The monoisotopic (exact) mass is 464 g/mol. The van der Waals surface area contributed by atoms with Crippen LogP contribution < -0.4 is 14.5 Å². The van der Waals surface area contributed by atoms with Crippen LogP contribution in [0.2, 0.25) is 5.02 Å². The highest BCUT2D eigenvalue weighted by atomic mass is 35.5. The van der Waals surface area contributed by atoms with E-state index in [1.807, 2.05) is 12.2 Å². The van der Waals surface area contributed by atoms with Gasteiger partial charge in [-0.1, -0.05) is 42.0 Å². The van der Waals surface area contributed by atoms with Crippen molar-refractivity contribution in [3.8, 4) is 5.75 Å². The number of amides is 3. The lowest BCUT2D eigenvalue weighted by Gasteiger charge is -2.18. The van der Waals surface area contributed by atoms with Gasteiger partial charge in [-0.25, -0.2) is 4.90 Å². The number of fused-ring (bicyclic) bond motifs is 1. The fourth-order valence-electron chi connectivity index (χ4n) is 4.71. The van der Waals surface area contributed by atoms with Gasteiger partial charge in [0, 0.05) is 19.0 Å². The van der Waals surface area contributed by atoms with Crippen molar-refractivity contribution >= 4 is 46.7 Å². The van der Waals surface area contributed by atoms with E-state index in [1.54, 1.807) is 42.5 Å². The number of nitrogens with zero attached hydrogens (tertiary/aromatic N) is 2. The average Bonchev–Trinajstić information content (AvgIpc) is 3.32. The van der Waals surface area contributed by atoms with Crippen LogP contribution in [-0.2, 0) is 19.2 Å². The van der Waals surface area contributed by atoms with Crippen molar-refractivity contribution < 1.29 is 23.9 Å². The Morgan fingerprint density at radius 1 is 0.939 bits per heavy atom. The molecular formula is C25H21ClN2O5. The van der Waals surface area contributed by atoms with E-state index in [-0.39, 0.29) is 48.3 Å². The van der Waals surface area contributed by atoms with E-state index in [2.05, 4.69) is 0 Å². The zero-order valence-electron chi connectivity index (χ0n) is 17.6. The molecule has 8 heteroatoms. The summed E-state index contributed by atoms with van der Waals surface area (Å²) in [6, 6.07) is 13.4. The van der Waals surface area contributed by atoms with Gasteiger partial charge in [-0.15, -0.1) is 0 Å². The molecule has 168 valence electrons. The number of esters is 1. The number of carbonyl (C=O) groups is 4. The van der Waals surface area contributed by atoms with Gasteiger partial charge in [0.05, 0.1) is 34.2 Å². The Kier molecular flexibility index (Phi) is 5.50. The van der Waals surface area contributed by atoms with E-state index < -0.39 is 11.9 Å². The summed E-state index contributed by atoms with van der Waals surface area (Å²) < 4.78 is 5.54. The number of carbonyl (C=O) groups excluding carboxylic acids is 4. The van der Waals surface area contributed by atoms with E-state index in [0.29, 0.717) is 29.2 Å². The van der Waals surface area contributed by atoms with Crippen molar-refractivity contribution in [1.29, 1.82) is 0 Å². The maximum absolute atomic E-state index is 12.8. The van der Waals surface area contributed by atoms with Gasteiger partial charge in [0.1, 0.15) is 5.75 Å². The summed E-state index contributed by atoms with van der Waals surface area (Å²) in [6.45, 7) is 0.167. The van der Waals surface area contributed by atoms with Gasteiger partial charge >= 0.3 is 5.97 Å². The van der Waals surface area contributed by atoms with E-state index in [1.165, 1.54) is 15.9 Å². The molecule has 2 aromatic carbocycles. The van der Waals surface area contributed by atoms with Gasteiger partial charge in [0.2, 0.25) is 17.7 Å². The molecule has 0 spiro atoms. The molecule has 2 aromatic rings. The summed E-state index contributed by atoms with van der Waals surface area (Å²) in [5, 5.41) is 0.434. The molecule has 2 fully saturated rings. The van der Waals surface area contributed by atoms with Gasteiger partial charge in [0.25, 0.3) is 0 Å². The van der Waals surface area contributed by atoms with E-state index in [0.717, 1.165) is 0 Å². The van der Waals surface area contributed by atoms with Crippen molar-refractivity contribution in [2.75, 3.05) is 16.3 Å². The number of rotatable bonds is 4. The second kappa shape index (κ2) is 8.48. The number of para-hydroxylation sites is 1. The standard InChI is InChI=1S/C25H21ClN2O5/c26-20-10-3-4-11-21(20)27-14-15(12-22(27)29)25(32)33-17-7-5-6-16(13-17)28-23(30)18-8-1-2-9-19(18)24(28)31/h1-7,10-11,13,15,18-19H,8-9,12,14H2/t15-,18-,19+/m0/s1. The molecule has 0 bridgehead atoms. The molecule has 1 aliphatic carbocycles. The molecule has 3 aliphatic rings. The third-order valence-corrected chi connectivity index (χ3v) is 6.72. The fraction of sp³-hybridized carbons (Fsp3) is 0.280. The van der Waals surface area contributed by atoms with Gasteiger partial charge in [-0.05, 0) is 37.1 Å². The molecule has 5 rings (SSSR count). The van der Waals surface area contributed by atoms with Gasteiger partial charge in [-0.2, -0.15) is 0 Å². The largest absolute Gasteiger partial charge is 0.426 e. The van der Waals surface area contributed by atoms with E-state index >= 15 is 0 Å². The second-order valence-corrected chi connectivity index (χ2v) is 8.85.